The van der Waals surface area contributed by atoms with Gasteiger partial charge in [-0.3, -0.25) is 9.78 Å². The summed E-state index contributed by atoms with van der Waals surface area (Å²) in [5.41, 5.74) is 6.07. The number of para-hydroxylation sites is 2. The van der Waals surface area contributed by atoms with Gasteiger partial charge in [0, 0.05) is 25.2 Å². The van der Waals surface area contributed by atoms with Crippen LogP contribution in [0, 0.1) is 12.7 Å². The Labute approximate surface area is 192 Å². The molecule has 5 nitrogen and oxygen atoms in total. The van der Waals surface area contributed by atoms with Crippen LogP contribution in [0.4, 0.5) is 4.39 Å². The molecule has 1 fully saturated rings. The number of fused-ring (bicyclic) bond motifs is 1. The minimum atomic E-state index is -0.228. The van der Waals surface area contributed by atoms with Crippen LogP contribution in [0.1, 0.15) is 47.8 Å². The number of pyridine rings is 1. The minimum absolute atomic E-state index is 0.00361. The van der Waals surface area contributed by atoms with Gasteiger partial charge in [0.05, 0.1) is 29.1 Å². The number of halogens is 1. The largest absolute Gasteiger partial charge is 0.334 e. The van der Waals surface area contributed by atoms with Crippen LogP contribution in [0.25, 0.3) is 11.0 Å². The Bertz CT molecular complexity index is 1280. The van der Waals surface area contributed by atoms with Gasteiger partial charge >= 0.3 is 0 Å². The van der Waals surface area contributed by atoms with Crippen LogP contribution in [0.3, 0.4) is 0 Å². The molecular weight excluding hydrogens is 415 g/mol. The van der Waals surface area contributed by atoms with Crippen molar-refractivity contribution in [1.29, 1.82) is 0 Å². The van der Waals surface area contributed by atoms with Crippen molar-refractivity contribution in [2.24, 2.45) is 0 Å². The first kappa shape index (κ1) is 21.3. The van der Waals surface area contributed by atoms with Gasteiger partial charge < -0.3 is 9.47 Å². The average Bonchev–Trinajstić information content (AvgIpc) is 3.46. The number of benzene rings is 2. The molecule has 1 amide bonds. The maximum Gasteiger partial charge on any atom is 0.224 e. The molecule has 0 spiro atoms. The second-order valence-corrected chi connectivity index (χ2v) is 8.77. The molecule has 1 atom stereocenters. The predicted octanol–water partition coefficient (Wildman–Crippen LogP) is 5.22. The fraction of sp³-hybridized carbons (Fsp3) is 0.296. The molecule has 0 bridgehead atoms. The number of rotatable bonds is 6. The summed E-state index contributed by atoms with van der Waals surface area (Å²) in [5.74, 6) is -0.0761. The van der Waals surface area contributed by atoms with Crippen molar-refractivity contribution in [2.45, 2.75) is 45.2 Å². The molecule has 1 aliphatic rings. The predicted molar refractivity (Wildman–Crippen MR) is 126 cm³/mol. The Balaban J connectivity index is 1.30. The number of hydrogen-bond donors (Lipinski definition) is 0. The van der Waals surface area contributed by atoms with E-state index < -0.39 is 0 Å². The summed E-state index contributed by atoms with van der Waals surface area (Å²) in [4.78, 5) is 24.4. The number of aryl methyl sites for hydroxylation is 2. The molecule has 0 N–H and O–H groups in total. The molecule has 0 saturated carbocycles. The highest BCUT2D eigenvalue weighted by molar-refractivity contribution is 5.78. The Hall–Kier alpha value is -3.54. The maximum absolute atomic E-state index is 13.3. The number of imidazole rings is 1. The van der Waals surface area contributed by atoms with E-state index in [-0.39, 0.29) is 17.8 Å². The molecule has 168 valence electrons. The van der Waals surface area contributed by atoms with Gasteiger partial charge in [0.25, 0.3) is 0 Å². The first-order chi connectivity index (χ1) is 16.1. The van der Waals surface area contributed by atoms with Crippen LogP contribution in [-0.2, 0) is 17.8 Å². The summed E-state index contributed by atoms with van der Waals surface area (Å²) < 4.78 is 15.3. The van der Waals surface area contributed by atoms with Gasteiger partial charge in [-0.2, -0.15) is 0 Å². The third-order valence-electron chi connectivity index (χ3n) is 6.36. The Morgan fingerprint density at radius 2 is 1.91 bits per heavy atom. The van der Waals surface area contributed by atoms with Gasteiger partial charge in [0.15, 0.2) is 0 Å². The number of likely N-dealkylation sites (tertiary alicyclic amines) is 1. The highest BCUT2D eigenvalue weighted by Gasteiger charge is 2.31. The van der Waals surface area contributed by atoms with Crippen molar-refractivity contribution in [1.82, 2.24) is 19.4 Å². The van der Waals surface area contributed by atoms with E-state index in [0.29, 0.717) is 19.4 Å². The molecule has 2 aromatic carbocycles. The van der Waals surface area contributed by atoms with Crippen LogP contribution < -0.4 is 0 Å². The highest BCUT2D eigenvalue weighted by atomic mass is 19.1. The minimum Gasteiger partial charge on any atom is -0.334 e. The molecule has 0 unspecified atom stereocenters. The summed E-state index contributed by atoms with van der Waals surface area (Å²) in [6, 6.07) is 18.8. The van der Waals surface area contributed by atoms with E-state index in [2.05, 4.69) is 17.1 Å². The molecular formula is C27H27FN4O. The lowest BCUT2D eigenvalue weighted by atomic mass is 10.0. The van der Waals surface area contributed by atoms with Crippen molar-refractivity contribution >= 4 is 16.9 Å². The van der Waals surface area contributed by atoms with E-state index in [1.54, 1.807) is 0 Å². The SMILES string of the molecule is Cc1cc(Cc2ccc(F)cc2)cc([C@H]2CCCN2C(=O)CCn2cnc3ccccc32)n1. The van der Waals surface area contributed by atoms with Crippen LogP contribution in [0.2, 0.25) is 0 Å². The van der Waals surface area contributed by atoms with E-state index in [4.69, 9.17) is 4.98 Å². The number of aromatic nitrogens is 3. The first-order valence-corrected chi connectivity index (χ1v) is 11.5. The van der Waals surface area contributed by atoms with Crippen LogP contribution in [0.5, 0.6) is 0 Å². The summed E-state index contributed by atoms with van der Waals surface area (Å²) in [7, 11) is 0. The van der Waals surface area contributed by atoms with E-state index >= 15 is 0 Å². The molecule has 6 heteroatoms. The zero-order chi connectivity index (χ0) is 22.8. The normalized spacial score (nSPS) is 15.9. The second-order valence-electron chi connectivity index (χ2n) is 8.77. The fourth-order valence-electron chi connectivity index (χ4n) is 4.80. The van der Waals surface area contributed by atoms with Crippen molar-refractivity contribution in [2.75, 3.05) is 6.54 Å². The summed E-state index contributed by atoms with van der Waals surface area (Å²) >= 11 is 0. The molecule has 3 heterocycles. The standard InChI is InChI=1S/C27H27FN4O/c1-19-15-21(16-20-8-10-22(28)11-9-20)17-24(30-19)26-7-4-13-32(26)27(33)12-14-31-18-29-23-5-2-3-6-25(23)31/h2-3,5-6,8-11,15,17-18,26H,4,7,12-14,16H2,1H3/t26-/m1/s1. The topological polar surface area (TPSA) is 51.0 Å². The number of amides is 1. The monoisotopic (exact) mass is 442 g/mol. The number of nitrogens with zero attached hydrogens (tertiary/aromatic N) is 4. The second kappa shape index (κ2) is 9.14. The third-order valence-corrected chi connectivity index (χ3v) is 6.36. The zero-order valence-corrected chi connectivity index (χ0v) is 18.7. The van der Waals surface area contributed by atoms with Crippen molar-refractivity contribution in [3.8, 4) is 0 Å². The molecule has 1 saturated heterocycles. The number of carbonyl (C=O) groups excluding carboxylic acids is 1. The molecule has 4 aromatic rings. The number of carbonyl (C=O) groups is 1. The lowest BCUT2D eigenvalue weighted by Crippen LogP contribution is -2.31. The first-order valence-electron chi connectivity index (χ1n) is 11.5. The van der Waals surface area contributed by atoms with E-state index in [0.717, 1.165) is 52.9 Å². The summed E-state index contributed by atoms with van der Waals surface area (Å²) in [5, 5.41) is 0. The molecule has 2 aromatic heterocycles. The van der Waals surface area contributed by atoms with Gasteiger partial charge in [-0.15, -0.1) is 0 Å². The lowest BCUT2D eigenvalue weighted by Gasteiger charge is -2.25. The number of hydrogen-bond acceptors (Lipinski definition) is 3. The van der Waals surface area contributed by atoms with Crippen LogP contribution >= 0.6 is 0 Å². The summed E-state index contributed by atoms with van der Waals surface area (Å²) in [6.45, 7) is 3.36. The van der Waals surface area contributed by atoms with Crippen molar-refractivity contribution in [3.05, 3.63) is 95.3 Å². The van der Waals surface area contributed by atoms with Gasteiger partial charge in [-0.05, 0) is 73.7 Å². The van der Waals surface area contributed by atoms with Crippen LogP contribution in [0.15, 0.2) is 67.0 Å². The van der Waals surface area contributed by atoms with E-state index in [1.165, 1.54) is 12.1 Å². The lowest BCUT2D eigenvalue weighted by molar-refractivity contribution is -0.132. The fourth-order valence-corrected chi connectivity index (χ4v) is 4.80. The Morgan fingerprint density at radius 3 is 2.76 bits per heavy atom. The molecule has 0 radical (unpaired) electrons. The summed E-state index contributed by atoms with van der Waals surface area (Å²) in [6.07, 6.45) is 4.86. The molecule has 5 rings (SSSR count). The van der Waals surface area contributed by atoms with E-state index in [1.807, 2.05) is 59.1 Å². The van der Waals surface area contributed by atoms with Crippen molar-refractivity contribution < 1.29 is 9.18 Å². The van der Waals surface area contributed by atoms with Crippen LogP contribution in [-0.4, -0.2) is 31.9 Å². The Kier molecular flexibility index (Phi) is 5.90. The van der Waals surface area contributed by atoms with Gasteiger partial charge in [-0.1, -0.05) is 24.3 Å². The highest BCUT2D eigenvalue weighted by Crippen LogP contribution is 2.32. The van der Waals surface area contributed by atoms with Crippen molar-refractivity contribution in [3.63, 3.8) is 0 Å². The van der Waals surface area contributed by atoms with Gasteiger partial charge in [-0.25, -0.2) is 9.37 Å². The smallest absolute Gasteiger partial charge is 0.224 e. The average molecular weight is 443 g/mol. The Morgan fingerprint density at radius 1 is 1.09 bits per heavy atom. The van der Waals surface area contributed by atoms with E-state index in [9.17, 15) is 9.18 Å². The molecule has 33 heavy (non-hydrogen) atoms. The molecule has 0 aliphatic carbocycles. The van der Waals surface area contributed by atoms with Gasteiger partial charge in [0.2, 0.25) is 5.91 Å². The maximum atomic E-state index is 13.3. The quantitative estimate of drug-likeness (QED) is 0.411. The molecule has 1 aliphatic heterocycles. The zero-order valence-electron chi connectivity index (χ0n) is 18.7. The van der Waals surface area contributed by atoms with Gasteiger partial charge in [0.1, 0.15) is 5.82 Å². The third kappa shape index (κ3) is 4.65.